The molecule has 146 valence electrons. The zero-order chi connectivity index (χ0) is 20.8. The topological polar surface area (TPSA) is 42.2 Å². The molecule has 0 unspecified atom stereocenters. The highest BCUT2D eigenvalue weighted by atomic mass is 35.5. The first-order valence-corrected chi connectivity index (χ1v) is 9.31. The summed E-state index contributed by atoms with van der Waals surface area (Å²) in [6.07, 6.45) is 1.75. The molecule has 3 aromatic carbocycles. The van der Waals surface area contributed by atoms with Crippen LogP contribution >= 0.6 is 11.6 Å². The van der Waals surface area contributed by atoms with Gasteiger partial charge in [-0.05, 0) is 54.0 Å². The van der Waals surface area contributed by atoms with Gasteiger partial charge in [-0.1, -0.05) is 53.6 Å². The molecule has 0 saturated heterocycles. The number of nitrogens with zero attached hydrogens (tertiary/aromatic N) is 1. The van der Waals surface area contributed by atoms with Crippen LogP contribution in [0, 0.1) is 24.1 Å². The minimum atomic E-state index is -0.303. The molecule has 0 amide bonds. The van der Waals surface area contributed by atoms with Crippen LogP contribution in [-0.2, 0) is 6.61 Å². The molecule has 0 aliphatic rings. The number of nitriles is 1. The first-order valence-electron chi connectivity index (χ1n) is 8.94. The maximum atomic E-state index is 13.0. The molecular weight excluding hydrogens is 389 g/mol. The number of rotatable bonds is 6. The monoisotopic (exact) mass is 407 g/mol. The van der Waals surface area contributed by atoms with E-state index in [1.165, 1.54) is 19.2 Å². The predicted octanol–water partition coefficient (Wildman–Crippen LogP) is 6.44. The summed E-state index contributed by atoms with van der Waals surface area (Å²) < 4.78 is 24.3. The van der Waals surface area contributed by atoms with Gasteiger partial charge in [0.25, 0.3) is 0 Å². The van der Waals surface area contributed by atoms with Crippen molar-refractivity contribution >= 4 is 23.3 Å². The molecule has 3 aromatic rings. The fourth-order valence-electron chi connectivity index (χ4n) is 2.78. The normalized spacial score (nSPS) is 11.1. The minimum Gasteiger partial charge on any atom is -0.493 e. The molecule has 5 heteroatoms. The average Bonchev–Trinajstić information content (AvgIpc) is 2.72. The van der Waals surface area contributed by atoms with Gasteiger partial charge >= 0.3 is 0 Å². The predicted molar refractivity (Wildman–Crippen MR) is 113 cm³/mol. The Morgan fingerprint density at radius 3 is 2.41 bits per heavy atom. The fraction of sp³-hybridized carbons (Fsp3) is 0.125. The van der Waals surface area contributed by atoms with Crippen molar-refractivity contribution in [2.75, 3.05) is 7.11 Å². The Balaban J connectivity index is 1.88. The second-order valence-electron chi connectivity index (χ2n) is 6.49. The van der Waals surface area contributed by atoms with Crippen molar-refractivity contribution in [2.24, 2.45) is 0 Å². The highest BCUT2D eigenvalue weighted by Gasteiger charge is 2.13. The summed E-state index contributed by atoms with van der Waals surface area (Å²) in [4.78, 5) is 0. The Morgan fingerprint density at radius 1 is 1.10 bits per heavy atom. The lowest BCUT2D eigenvalue weighted by molar-refractivity contribution is 0.284. The molecule has 0 N–H and O–H groups in total. The molecule has 0 aliphatic heterocycles. The molecule has 3 nitrogen and oxygen atoms in total. The van der Waals surface area contributed by atoms with Gasteiger partial charge in [-0.25, -0.2) is 4.39 Å². The molecule has 0 heterocycles. The van der Waals surface area contributed by atoms with Crippen molar-refractivity contribution in [1.82, 2.24) is 0 Å². The zero-order valence-electron chi connectivity index (χ0n) is 16.1. The van der Waals surface area contributed by atoms with E-state index in [1.54, 1.807) is 30.3 Å². The largest absolute Gasteiger partial charge is 0.493 e. The number of halogens is 2. The molecule has 29 heavy (non-hydrogen) atoms. The first kappa shape index (κ1) is 20.4. The van der Waals surface area contributed by atoms with Crippen molar-refractivity contribution in [2.45, 2.75) is 13.5 Å². The third-order valence-electron chi connectivity index (χ3n) is 4.34. The number of hydrogen-bond donors (Lipinski definition) is 0. The van der Waals surface area contributed by atoms with Crippen LogP contribution in [0.1, 0.15) is 22.3 Å². The van der Waals surface area contributed by atoms with Crippen LogP contribution in [-0.4, -0.2) is 7.11 Å². The number of benzene rings is 3. The van der Waals surface area contributed by atoms with Crippen molar-refractivity contribution in [1.29, 1.82) is 5.26 Å². The van der Waals surface area contributed by atoms with Crippen LogP contribution in [0.4, 0.5) is 4.39 Å². The lowest BCUT2D eigenvalue weighted by atomic mass is 10.0. The summed E-state index contributed by atoms with van der Waals surface area (Å²) in [5.41, 5.74) is 3.99. The molecule has 0 bridgehead atoms. The van der Waals surface area contributed by atoms with Crippen LogP contribution in [0.5, 0.6) is 11.5 Å². The average molecular weight is 408 g/mol. The molecule has 3 rings (SSSR count). The highest BCUT2D eigenvalue weighted by Crippen LogP contribution is 2.38. The second kappa shape index (κ2) is 9.27. The SMILES string of the molecule is COc1cc(/C=C(/C#N)c2ccc(C)cc2)cc(Cl)c1OCc1ccc(F)cc1. The van der Waals surface area contributed by atoms with Crippen molar-refractivity contribution in [3.8, 4) is 17.6 Å². The van der Waals surface area contributed by atoms with E-state index in [0.29, 0.717) is 22.1 Å². The Labute approximate surface area is 174 Å². The summed E-state index contributed by atoms with van der Waals surface area (Å²) >= 11 is 6.42. The molecule has 0 saturated carbocycles. The summed E-state index contributed by atoms with van der Waals surface area (Å²) in [6.45, 7) is 2.22. The smallest absolute Gasteiger partial charge is 0.180 e. The molecule has 0 aromatic heterocycles. The van der Waals surface area contributed by atoms with Gasteiger partial charge in [0.1, 0.15) is 12.4 Å². The third-order valence-corrected chi connectivity index (χ3v) is 4.62. The van der Waals surface area contributed by atoms with Gasteiger partial charge in [-0.3, -0.25) is 0 Å². The van der Waals surface area contributed by atoms with Crippen LogP contribution < -0.4 is 9.47 Å². The van der Waals surface area contributed by atoms with Gasteiger partial charge in [-0.2, -0.15) is 5.26 Å². The quantitative estimate of drug-likeness (QED) is 0.349. The standard InChI is InChI=1S/C24H19ClFNO2/c1-16-3-7-19(8-4-16)20(14-27)11-18-12-22(25)24(23(13-18)28-2)29-15-17-5-9-21(26)10-6-17/h3-13H,15H2,1-2H3/b20-11-. The van der Waals surface area contributed by atoms with Crippen molar-refractivity contribution < 1.29 is 13.9 Å². The Hall–Kier alpha value is -3.29. The number of ether oxygens (including phenoxy) is 2. The van der Waals surface area contributed by atoms with Gasteiger partial charge in [0.2, 0.25) is 0 Å². The minimum absolute atomic E-state index is 0.221. The molecular formula is C24H19ClFNO2. The van der Waals surface area contributed by atoms with Crippen LogP contribution in [0.15, 0.2) is 60.7 Å². The summed E-state index contributed by atoms with van der Waals surface area (Å²) in [5, 5.41) is 9.92. The van der Waals surface area contributed by atoms with Crippen LogP contribution in [0.3, 0.4) is 0 Å². The van der Waals surface area contributed by atoms with E-state index in [2.05, 4.69) is 6.07 Å². The zero-order valence-corrected chi connectivity index (χ0v) is 16.8. The molecule has 0 aliphatic carbocycles. The van der Waals surface area contributed by atoms with Crippen LogP contribution in [0.25, 0.3) is 11.6 Å². The Morgan fingerprint density at radius 2 is 1.79 bits per heavy atom. The summed E-state index contributed by atoms with van der Waals surface area (Å²) in [6, 6.07) is 19.5. The second-order valence-corrected chi connectivity index (χ2v) is 6.89. The van der Waals surface area contributed by atoms with E-state index in [1.807, 2.05) is 31.2 Å². The van der Waals surface area contributed by atoms with Crippen molar-refractivity contribution in [3.63, 3.8) is 0 Å². The van der Waals surface area contributed by atoms with Gasteiger partial charge in [-0.15, -0.1) is 0 Å². The number of hydrogen-bond acceptors (Lipinski definition) is 3. The first-order chi connectivity index (χ1) is 14.0. The van der Waals surface area contributed by atoms with Crippen molar-refractivity contribution in [3.05, 3.63) is 93.8 Å². The number of aryl methyl sites for hydroxylation is 1. The van der Waals surface area contributed by atoms with Crippen LogP contribution in [0.2, 0.25) is 5.02 Å². The summed E-state index contributed by atoms with van der Waals surface area (Å²) in [7, 11) is 1.52. The third kappa shape index (κ3) is 5.16. The maximum absolute atomic E-state index is 13.0. The van der Waals surface area contributed by atoms with E-state index in [9.17, 15) is 9.65 Å². The van der Waals surface area contributed by atoms with E-state index < -0.39 is 0 Å². The molecule has 0 spiro atoms. The van der Waals surface area contributed by atoms with E-state index in [4.69, 9.17) is 21.1 Å². The Kier molecular flexibility index (Phi) is 6.54. The Bertz CT molecular complexity index is 1070. The molecule has 0 fully saturated rings. The molecule has 0 radical (unpaired) electrons. The van der Waals surface area contributed by atoms with Gasteiger partial charge < -0.3 is 9.47 Å². The number of allylic oxidation sites excluding steroid dienone is 1. The lowest BCUT2D eigenvalue weighted by Gasteiger charge is -2.14. The summed E-state index contributed by atoms with van der Waals surface area (Å²) in [5.74, 6) is 0.541. The number of methoxy groups -OCH3 is 1. The highest BCUT2D eigenvalue weighted by molar-refractivity contribution is 6.32. The van der Waals surface area contributed by atoms with Gasteiger partial charge in [0.15, 0.2) is 11.5 Å². The van der Waals surface area contributed by atoms with Gasteiger partial charge in [0.05, 0.1) is 23.8 Å². The maximum Gasteiger partial charge on any atom is 0.180 e. The van der Waals surface area contributed by atoms with E-state index in [0.717, 1.165) is 22.3 Å². The lowest BCUT2D eigenvalue weighted by Crippen LogP contribution is -1.99. The van der Waals surface area contributed by atoms with Gasteiger partial charge in [0, 0.05) is 0 Å². The molecule has 0 atom stereocenters. The fourth-order valence-corrected chi connectivity index (χ4v) is 3.05. The van der Waals surface area contributed by atoms with E-state index in [-0.39, 0.29) is 12.4 Å². The van der Waals surface area contributed by atoms with E-state index >= 15 is 0 Å².